The average Bonchev–Trinajstić information content (AvgIpc) is 2.57. The molecule has 0 radical (unpaired) electrons. The second kappa shape index (κ2) is 8.46. The van der Waals surface area contributed by atoms with Crippen LogP contribution in [0.1, 0.15) is 15.9 Å². The molecule has 0 unspecified atom stereocenters. The third-order valence-corrected chi connectivity index (χ3v) is 3.69. The van der Waals surface area contributed by atoms with E-state index in [0.717, 1.165) is 0 Å². The van der Waals surface area contributed by atoms with Gasteiger partial charge in [0.2, 0.25) is 5.88 Å². The Morgan fingerprint density at radius 1 is 1.27 bits per heavy atom. The van der Waals surface area contributed by atoms with Crippen LogP contribution in [-0.4, -0.2) is 30.8 Å². The van der Waals surface area contributed by atoms with E-state index in [9.17, 15) is 18.0 Å². The second-order valence-electron chi connectivity index (χ2n) is 5.03. The molecule has 2 rings (SSSR count). The number of methoxy groups -OCH3 is 1. The number of halogens is 5. The van der Waals surface area contributed by atoms with Crippen molar-refractivity contribution in [1.29, 1.82) is 0 Å². The number of benzene rings is 1. The summed E-state index contributed by atoms with van der Waals surface area (Å²) in [5, 5.41) is 2.85. The summed E-state index contributed by atoms with van der Waals surface area (Å²) in [7, 11) is 1.39. The predicted molar refractivity (Wildman–Crippen MR) is 90.0 cm³/mol. The summed E-state index contributed by atoms with van der Waals surface area (Å²) >= 11 is 12.0. The summed E-state index contributed by atoms with van der Waals surface area (Å²) in [6, 6.07) is 5.74. The zero-order valence-electron chi connectivity index (χ0n) is 13.4. The highest BCUT2D eigenvalue weighted by Crippen LogP contribution is 2.33. The molecular formula is C16H13Cl2F3N2O3. The van der Waals surface area contributed by atoms with E-state index >= 15 is 0 Å². The van der Waals surface area contributed by atoms with Crippen LogP contribution in [0.25, 0.3) is 0 Å². The van der Waals surface area contributed by atoms with Crippen molar-refractivity contribution in [2.75, 3.05) is 13.7 Å². The number of ether oxygens (including phenoxy) is 2. The largest absolute Gasteiger partial charge is 0.494 e. The third kappa shape index (κ3) is 5.40. The summed E-state index contributed by atoms with van der Waals surface area (Å²) in [6.07, 6.45) is -3.20. The summed E-state index contributed by atoms with van der Waals surface area (Å²) in [5.74, 6) is -0.502. The average molecular weight is 409 g/mol. The molecule has 1 heterocycles. The molecule has 26 heavy (non-hydrogen) atoms. The van der Waals surface area contributed by atoms with Crippen LogP contribution in [-0.2, 0) is 6.54 Å². The zero-order chi connectivity index (χ0) is 19.3. The molecule has 10 heteroatoms. The van der Waals surface area contributed by atoms with Crippen molar-refractivity contribution in [3.8, 4) is 11.6 Å². The van der Waals surface area contributed by atoms with Gasteiger partial charge in [0.05, 0.1) is 17.2 Å². The molecule has 0 spiro atoms. The predicted octanol–water partition coefficient (Wildman–Crippen LogP) is 4.27. The fraction of sp³-hybridized carbons (Fsp3) is 0.250. The van der Waals surface area contributed by atoms with Gasteiger partial charge in [-0.05, 0) is 18.2 Å². The van der Waals surface area contributed by atoms with Crippen LogP contribution in [0.2, 0.25) is 10.0 Å². The minimum absolute atomic E-state index is 0.0961. The first kappa shape index (κ1) is 20.1. The molecule has 1 N–H and O–H groups in total. The van der Waals surface area contributed by atoms with Crippen molar-refractivity contribution in [2.45, 2.75) is 12.7 Å². The number of aromatic nitrogens is 1. The molecule has 2 aromatic rings. The molecule has 0 saturated carbocycles. The molecule has 0 fully saturated rings. The Morgan fingerprint density at radius 3 is 2.50 bits per heavy atom. The first-order chi connectivity index (χ1) is 12.2. The van der Waals surface area contributed by atoms with Crippen LogP contribution in [0, 0.1) is 0 Å². The highest BCUT2D eigenvalue weighted by Gasteiger charge is 2.29. The molecule has 0 bridgehead atoms. The molecule has 0 aliphatic rings. The Hall–Kier alpha value is -2.19. The lowest BCUT2D eigenvalue weighted by atomic mass is 10.2. The number of hydrogen-bond donors (Lipinski definition) is 1. The fourth-order valence-electron chi connectivity index (χ4n) is 2.00. The van der Waals surface area contributed by atoms with Gasteiger partial charge in [-0.3, -0.25) is 4.79 Å². The Kier molecular flexibility index (Phi) is 6.55. The Morgan fingerprint density at radius 2 is 1.92 bits per heavy atom. The monoisotopic (exact) mass is 408 g/mol. The highest BCUT2D eigenvalue weighted by atomic mass is 35.5. The summed E-state index contributed by atoms with van der Waals surface area (Å²) in [6.45, 7) is -1.57. The minimum atomic E-state index is -4.49. The SMILES string of the molecule is COc1c(Cl)cc(C(=O)NCc2cccnc2OCC(F)(F)F)cc1Cl. The topological polar surface area (TPSA) is 60.5 Å². The molecule has 1 amide bonds. The number of hydrogen-bond acceptors (Lipinski definition) is 4. The zero-order valence-corrected chi connectivity index (χ0v) is 14.9. The number of carbonyl (C=O) groups is 1. The van der Waals surface area contributed by atoms with Crippen molar-refractivity contribution in [3.63, 3.8) is 0 Å². The van der Waals surface area contributed by atoms with Gasteiger partial charge in [0.15, 0.2) is 12.4 Å². The fourth-order valence-corrected chi connectivity index (χ4v) is 2.64. The third-order valence-electron chi connectivity index (χ3n) is 3.13. The maximum atomic E-state index is 12.3. The standard InChI is InChI=1S/C16H13Cl2F3N2O3/c1-25-13-11(17)5-10(6-12(13)18)14(24)23-7-9-3-2-4-22-15(9)26-8-16(19,20)21/h2-6H,7-8H2,1H3,(H,23,24). The molecule has 0 saturated heterocycles. The van der Waals surface area contributed by atoms with Crippen LogP contribution in [0.3, 0.4) is 0 Å². The van der Waals surface area contributed by atoms with Gasteiger partial charge in [0.1, 0.15) is 0 Å². The van der Waals surface area contributed by atoms with E-state index in [1.165, 1.54) is 37.6 Å². The first-order valence-electron chi connectivity index (χ1n) is 7.16. The second-order valence-corrected chi connectivity index (χ2v) is 5.84. The van der Waals surface area contributed by atoms with Crippen LogP contribution < -0.4 is 14.8 Å². The van der Waals surface area contributed by atoms with Gasteiger partial charge in [0.25, 0.3) is 5.91 Å². The molecule has 5 nitrogen and oxygen atoms in total. The summed E-state index contributed by atoms with van der Waals surface area (Å²) in [5.41, 5.74) is 0.457. The number of amides is 1. The van der Waals surface area contributed by atoms with Gasteiger partial charge in [0, 0.05) is 23.9 Å². The quantitative estimate of drug-likeness (QED) is 0.775. The first-order valence-corrected chi connectivity index (χ1v) is 7.91. The van der Waals surface area contributed by atoms with Crippen LogP contribution >= 0.6 is 23.2 Å². The van der Waals surface area contributed by atoms with Crippen molar-refractivity contribution in [2.24, 2.45) is 0 Å². The molecule has 0 atom stereocenters. The van der Waals surface area contributed by atoms with Crippen LogP contribution in [0.5, 0.6) is 11.6 Å². The number of carbonyl (C=O) groups excluding carboxylic acids is 1. The lowest BCUT2D eigenvalue weighted by Crippen LogP contribution is -2.24. The van der Waals surface area contributed by atoms with Gasteiger partial charge in [-0.25, -0.2) is 4.98 Å². The van der Waals surface area contributed by atoms with Gasteiger partial charge in [-0.2, -0.15) is 13.2 Å². The maximum absolute atomic E-state index is 12.3. The molecule has 0 aliphatic carbocycles. The molecule has 1 aromatic heterocycles. The van der Waals surface area contributed by atoms with E-state index in [1.54, 1.807) is 0 Å². The Labute approximate surface area is 157 Å². The van der Waals surface area contributed by atoms with E-state index in [0.29, 0.717) is 0 Å². The Bertz CT molecular complexity index is 778. The van der Waals surface area contributed by atoms with E-state index < -0.39 is 18.7 Å². The lowest BCUT2D eigenvalue weighted by Gasteiger charge is -2.13. The van der Waals surface area contributed by atoms with E-state index in [1.807, 2.05) is 0 Å². The van der Waals surface area contributed by atoms with E-state index in [2.05, 4.69) is 15.0 Å². The van der Waals surface area contributed by atoms with Crippen LogP contribution in [0.15, 0.2) is 30.5 Å². The van der Waals surface area contributed by atoms with Gasteiger partial charge >= 0.3 is 6.18 Å². The normalized spacial score (nSPS) is 11.2. The highest BCUT2D eigenvalue weighted by molar-refractivity contribution is 6.37. The minimum Gasteiger partial charge on any atom is -0.494 e. The van der Waals surface area contributed by atoms with Crippen molar-refractivity contribution in [1.82, 2.24) is 10.3 Å². The van der Waals surface area contributed by atoms with Gasteiger partial charge in [-0.1, -0.05) is 29.3 Å². The van der Waals surface area contributed by atoms with Crippen molar-refractivity contribution in [3.05, 3.63) is 51.6 Å². The van der Waals surface area contributed by atoms with Crippen molar-refractivity contribution < 1.29 is 27.4 Å². The van der Waals surface area contributed by atoms with Gasteiger partial charge in [-0.15, -0.1) is 0 Å². The van der Waals surface area contributed by atoms with Crippen LogP contribution in [0.4, 0.5) is 13.2 Å². The number of rotatable bonds is 6. The molecule has 0 aliphatic heterocycles. The molecule has 140 valence electrons. The number of nitrogens with zero attached hydrogens (tertiary/aromatic N) is 1. The molecule has 1 aromatic carbocycles. The smallest absolute Gasteiger partial charge is 0.422 e. The number of pyridine rings is 1. The van der Waals surface area contributed by atoms with E-state index in [4.69, 9.17) is 27.9 Å². The van der Waals surface area contributed by atoms with Gasteiger partial charge < -0.3 is 14.8 Å². The summed E-state index contributed by atoms with van der Waals surface area (Å²) < 4.78 is 46.5. The number of nitrogens with one attached hydrogen (secondary N) is 1. The molecular weight excluding hydrogens is 396 g/mol. The summed E-state index contributed by atoms with van der Waals surface area (Å²) in [4.78, 5) is 16.0. The van der Waals surface area contributed by atoms with Crippen molar-refractivity contribution >= 4 is 29.1 Å². The lowest BCUT2D eigenvalue weighted by molar-refractivity contribution is -0.154. The van der Waals surface area contributed by atoms with E-state index in [-0.39, 0.29) is 39.3 Å². The number of alkyl halides is 3. The Balaban J connectivity index is 2.08. The maximum Gasteiger partial charge on any atom is 0.422 e.